The maximum atomic E-state index is 2.43. The molecule has 0 bridgehead atoms. The zero-order valence-corrected chi connectivity index (χ0v) is 31.8. The number of para-hydroxylation sites is 1. The number of fused-ring (bicyclic) bond motifs is 6. The van der Waals surface area contributed by atoms with Gasteiger partial charge in [0, 0.05) is 38.6 Å². The molecule has 0 radical (unpaired) electrons. The van der Waals surface area contributed by atoms with Crippen LogP contribution >= 0.6 is 0 Å². The van der Waals surface area contributed by atoms with E-state index in [2.05, 4.69) is 240 Å². The summed E-state index contributed by atoms with van der Waals surface area (Å²) >= 11 is 0. The van der Waals surface area contributed by atoms with Gasteiger partial charge in [-0.15, -0.1) is 0 Å². The minimum atomic E-state index is 1.10. The number of hydrogen-bond donors (Lipinski definition) is 0. The summed E-state index contributed by atoms with van der Waals surface area (Å²) in [6, 6.07) is 83.6. The lowest BCUT2D eigenvalue weighted by Crippen LogP contribution is -2.10. The van der Waals surface area contributed by atoms with Crippen LogP contribution in [0, 0.1) is 0 Å². The molecule has 0 saturated carbocycles. The molecule has 11 rings (SSSR count). The SMILES string of the molecule is c1ccc(-c2ccc(N(c3ccc(-c4ccccc4)cc3)c3ccc(-c4ccc(-n5c6ccccc6c6ccc7ccccc7c65)cc4)c4ccccc34)cc2)cc1. The molecular formula is C56H38N2. The van der Waals surface area contributed by atoms with E-state index in [1.54, 1.807) is 0 Å². The lowest BCUT2D eigenvalue weighted by atomic mass is 9.96. The molecule has 0 aliphatic heterocycles. The number of aromatic nitrogens is 1. The van der Waals surface area contributed by atoms with Crippen LogP contribution in [0.2, 0.25) is 0 Å². The summed E-state index contributed by atoms with van der Waals surface area (Å²) in [4.78, 5) is 2.39. The van der Waals surface area contributed by atoms with Crippen molar-refractivity contribution in [1.29, 1.82) is 0 Å². The predicted molar refractivity (Wildman–Crippen MR) is 247 cm³/mol. The van der Waals surface area contributed by atoms with Crippen molar-refractivity contribution in [2.75, 3.05) is 4.90 Å². The third-order valence-electron chi connectivity index (χ3n) is 11.6. The Hall–Kier alpha value is -7.68. The number of benzene rings is 10. The summed E-state index contributed by atoms with van der Waals surface area (Å²) in [6.07, 6.45) is 0. The Balaban J connectivity index is 1.03. The predicted octanol–water partition coefficient (Wildman–Crippen LogP) is 15.6. The summed E-state index contributed by atoms with van der Waals surface area (Å²) < 4.78 is 2.43. The highest BCUT2D eigenvalue weighted by molar-refractivity contribution is 6.18. The van der Waals surface area contributed by atoms with Crippen LogP contribution in [0.25, 0.3) is 82.4 Å². The number of rotatable bonds is 7. The van der Waals surface area contributed by atoms with E-state index < -0.39 is 0 Å². The second-order valence-electron chi connectivity index (χ2n) is 14.9. The molecule has 0 amide bonds. The van der Waals surface area contributed by atoms with E-state index in [4.69, 9.17) is 0 Å². The van der Waals surface area contributed by atoms with Crippen molar-refractivity contribution in [3.8, 4) is 39.1 Å². The molecule has 11 aromatic rings. The van der Waals surface area contributed by atoms with E-state index in [0.717, 1.165) is 22.7 Å². The Bertz CT molecular complexity index is 3150. The fraction of sp³-hybridized carbons (Fsp3) is 0. The maximum absolute atomic E-state index is 2.43. The standard InChI is InChI=1S/C56H38N2/c1-3-13-39(14-4-1)41-23-30-45(31-24-41)57(46-32-25-42(26-33-46)40-15-5-2-6-16-40)55-38-37-48(50-19-9-10-20-51(50)55)44-27-34-47(35-28-44)58-54-22-12-11-21-52(54)53-36-29-43-17-7-8-18-49(43)56(53)58/h1-38H. The first kappa shape index (κ1) is 33.6. The van der Waals surface area contributed by atoms with Crippen LogP contribution in [0.1, 0.15) is 0 Å². The summed E-state index contributed by atoms with van der Waals surface area (Å²) in [5.74, 6) is 0. The molecule has 2 nitrogen and oxygen atoms in total. The molecule has 0 unspecified atom stereocenters. The van der Waals surface area contributed by atoms with Gasteiger partial charge in [0.25, 0.3) is 0 Å². The first-order valence-electron chi connectivity index (χ1n) is 19.9. The smallest absolute Gasteiger partial charge is 0.0619 e. The van der Waals surface area contributed by atoms with Gasteiger partial charge < -0.3 is 9.47 Å². The minimum absolute atomic E-state index is 1.10. The molecule has 10 aromatic carbocycles. The Labute approximate surface area is 338 Å². The van der Waals surface area contributed by atoms with Crippen LogP contribution in [0.3, 0.4) is 0 Å². The average molecular weight is 739 g/mol. The average Bonchev–Trinajstić information content (AvgIpc) is 3.65. The van der Waals surface area contributed by atoms with Gasteiger partial charge in [0.2, 0.25) is 0 Å². The molecule has 0 fully saturated rings. The Kier molecular flexibility index (Phi) is 8.19. The van der Waals surface area contributed by atoms with Crippen molar-refractivity contribution >= 4 is 60.4 Å². The van der Waals surface area contributed by atoms with Crippen LogP contribution < -0.4 is 4.90 Å². The van der Waals surface area contributed by atoms with E-state index >= 15 is 0 Å². The molecule has 2 heteroatoms. The summed E-state index contributed by atoms with van der Waals surface area (Å²) in [7, 11) is 0. The first-order valence-corrected chi connectivity index (χ1v) is 19.9. The molecule has 272 valence electrons. The minimum Gasteiger partial charge on any atom is -0.310 e. The zero-order valence-electron chi connectivity index (χ0n) is 31.8. The fourth-order valence-corrected chi connectivity index (χ4v) is 8.81. The molecule has 0 aliphatic rings. The molecule has 0 saturated heterocycles. The van der Waals surface area contributed by atoms with Crippen molar-refractivity contribution in [3.63, 3.8) is 0 Å². The van der Waals surface area contributed by atoms with Gasteiger partial charge in [-0.3, -0.25) is 0 Å². The van der Waals surface area contributed by atoms with E-state index in [1.807, 2.05) is 0 Å². The number of hydrogen-bond acceptors (Lipinski definition) is 1. The molecule has 0 atom stereocenters. The van der Waals surface area contributed by atoms with Crippen molar-refractivity contribution in [2.24, 2.45) is 0 Å². The van der Waals surface area contributed by atoms with Crippen LogP contribution in [0.5, 0.6) is 0 Å². The van der Waals surface area contributed by atoms with Crippen LogP contribution in [-0.2, 0) is 0 Å². The molecule has 0 spiro atoms. The lowest BCUT2D eigenvalue weighted by Gasteiger charge is -2.28. The summed E-state index contributed by atoms with van der Waals surface area (Å²) in [5, 5.41) is 7.45. The lowest BCUT2D eigenvalue weighted by molar-refractivity contribution is 1.19. The monoisotopic (exact) mass is 738 g/mol. The summed E-state index contributed by atoms with van der Waals surface area (Å²) in [5.41, 5.74) is 14.1. The van der Waals surface area contributed by atoms with Gasteiger partial charge in [0.1, 0.15) is 0 Å². The third kappa shape index (κ3) is 5.74. The van der Waals surface area contributed by atoms with Crippen molar-refractivity contribution in [1.82, 2.24) is 4.57 Å². The highest BCUT2D eigenvalue weighted by Crippen LogP contribution is 2.43. The van der Waals surface area contributed by atoms with Gasteiger partial charge in [-0.1, -0.05) is 182 Å². The van der Waals surface area contributed by atoms with Crippen molar-refractivity contribution < 1.29 is 0 Å². The van der Waals surface area contributed by atoms with Crippen LogP contribution in [-0.4, -0.2) is 4.57 Å². The Morgan fingerprint density at radius 3 is 1.43 bits per heavy atom. The zero-order chi connectivity index (χ0) is 38.4. The molecule has 1 heterocycles. The Morgan fingerprint density at radius 2 is 0.793 bits per heavy atom. The molecular weight excluding hydrogens is 701 g/mol. The van der Waals surface area contributed by atoms with Gasteiger partial charge in [-0.2, -0.15) is 0 Å². The Morgan fingerprint density at radius 1 is 0.293 bits per heavy atom. The van der Waals surface area contributed by atoms with Gasteiger partial charge in [-0.25, -0.2) is 0 Å². The second-order valence-corrected chi connectivity index (χ2v) is 14.9. The van der Waals surface area contributed by atoms with Gasteiger partial charge in [-0.05, 0) is 92.7 Å². The molecule has 58 heavy (non-hydrogen) atoms. The second kappa shape index (κ2) is 14.1. The highest BCUT2D eigenvalue weighted by atomic mass is 15.1. The van der Waals surface area contributed by atoms with Gasteiger partial charge >= 0.3 is 0 Å². The maximum Gasteiger partial charge on any atom is 0.0619 e. The van der Waals surface area contributed by atoms with E-state index in [9.17, 15) is 0 Å². The first-order chi connectivity index (χ1) is 28.8. The topological polar surface area (TPSA) is 8.17 Å². The number of nitrogens with zero attached hydrogens (tertiary/aromatic N) is 2. The third-order valence-corrected chi connectivity index (χ3v) is 11.6. The molecule has 1 aromatic heterocycles. The van der Waals surface area contributed by atoms with Gasteiger partial charge in [0.05, 0.1) is 16.7 Å². The van der Waals surface area contributed by atoms with Crippen LogP contribution in [0.15, 0.2) is 231 Å². The highest BCUT2D eigenvalue weighted by Gasteiger charge is 2.19. The fourth-order valence-electron chi connectivity index (χ4n) is 8.81. The van der Waals surface area contributed by atoms with E-state index in [1.165, 1.54) is 76.7 Å². The largest absolute Gasteiger partial charge is 0.310 e. The van der Waals surface area contributed by atoms with Crippen molar-refractivity contribution in [3.05, 3.63) is 231 Å². The normalized spacial score (nSPS) is 11.4. The van der Waals surface area contributed by atoms with E-state index in [0.29, 0.717) is 0 Å². The number of anilines is 3. The quantitative estimate of drug-likeness (QED) is 0.158. The van der Waals surface area contributed by atoms with Crippen molar-refractivity contribution in [2.45, 2.75) is 0 Å². The molecule has 0 aliphatic carbocycles. The summed E-state index contributed by atoms with van der Waals surface area (Å²) in [6.45, 7) is 0. The van der Waals surface area contributed by atoms with E-state index in [-0.39, 0.29) is 0 Å². The molecule has 0 N–H and O–H groups in total. The van der Waals surface area contributed by atoms with Gasteiger partial charge in [0.15, 0.2) is 0 Å². The van der Waals surface area contributed by atoms with Crippen LogP contribution in [0.4, 0.5) is 17.1 Å².